The van der Waals surface area contributed by atoms with Gasteiger partial charge in [0.05, 0.1) is 11.3 Å². The molecular formula is C30H32F3N5O2. The van der Waals surface area contributed by atoms with Crippen LogP contribution in [-0.4, -0.2) is 52.7 Å². The highest BCUT2D eigenvalue weighted by molar-refractivity contribution is 6.01. The number of benzene rings is 2. The SMILES string of the molecule is CCc1cc(C(=O)NC2CCN(C)CC2)ccc1Nc1ncc(C(F)(F)F)c(Cc2cccc3c2C(=O)CC3)n1. The van der Waals surface area contributed by atoms with E-state index < -0.39 is 11.7 Å². The number of alkyl halides is 3. The molecule has 1 saturated heterocycles. The maximum atomic E-state index is 13.9. The summed E-state index contributed by atoms with van der Waals surface area (Å²) in [6.07, 6.45) is -0.664. The Kier molecular flexibility index (Phi) is 7.89. The number of amides is 1. The molecule has 1 fully saturated rings. The summed E-state index contributed by atoms with van der Waals surface area (Å²) >= 11 is 0. The van der Waals surface area contributed by atoms with Crippen LogP contribution in [0.3, 0.4) is 0 Å². The Morgan fingerprint density at radius 1 is 1.10 bits per heavy atom. The third-order valence-electron chi connectivity index (χ3n) is 7.72. The molecule has 1 aliphatic carbocycles. The molecule has 7 nitrogen and oxygen atoms in total. The first-order valence-electron chi connectivity index (χ1n) is 13.6. The number of likely N-dealkylation sites (tertiary alicyclic amines) is 1. The summed E-state index contributed by atoms with van der Waals surface area (Å²) in [5.41, 5.74) is 2.71. The summed E-state index contributed by atoms with van der Waals surface area (Å²) in [7, 11) is 2.06. The second kappa shape index (κ2) is 11.4. The molecule has 210 valence electrons. The molecule has 1 amide bonds. The number of rotatable bonds is 7. The van der Waals surface area contributed by atoms with Gasteiger partial charge in [-0.1, -0.05) is 25.1 Å². The van der Waals surface area contributed by atoms with Gasteiger partial charge in [0.15, 0.2) is 5.78 Å². The van der Waals surface area contributed by atoms with E-state index in [1.807, 2.05) is 13.0 Å². The van der Waals surface area contributed by atoms with Gasteiger partial charge in [-0.05, 0) is 80.7 Å². The number of Topliss-reactive ketones (excluding diaryl/α,β-unsaturated/α-hetero) is 1. The number of nitrogens with one attached hydrogen (secondary N) is 2. The van der Waals surface area contributed by atoms with Crippen LogP contribution >= 0.6 is 0 Å². The quantitative estimate of drug-likeness (QED) is 0.412. The highest BCUT2D eigenvalue weighted by Crippen LogP contribution is 2.34. The van der Waals surface area contributed by atoms with Crippen LogP contribution in [0.4, 0.5) is 24.8 Å². The molecule has 0 spiro atoms. The molecule has 0 radical (unpaired) electrons. The molecule has 0 atom stereocenters. The molecule has 2 aromatic carbocycles. The fraction of sp³-hybridized carbons (Fsp3) is 0.400. The lowest BCUT2D eigenvalue weighted by Gasteiger charge is -2.29. The van der Waals surface area contributed by atoms with Gasteiger partial charge in [-0.3, -0.25) is 9.59 Å². The molecule has 1 aliphatic heterocycles. The monoisotopic (exact) mass is 551 g/mol. The first kappa shape index (κ1) is 27.8. The largest absolute Gasteiger partial charge is 0.419 e. The van der Waals surface area contributed by atoms with Gasteiger partial charge in [-0.15, -0.1) is 0 Å². The molecule has 0 saturated carbocycles. The average Bonchev–Trinajstić information content (AvgIpc) is 3.31. The van der Waals surface area contributed by atoms with E-state index in [0.717, 1.165) is 43.3 Å². The zero-order chi connectivity index (χ0) is 28.4. The fourth-order valence-electron chi connectivity index (χ4n) is 5.46. The van der Waals surface area contributed by atoms with Crippen LogP contribution in [0.25, 0.3) is 0 Å². The number of ketones is 1. The van der Waals surface area contributed by atoms with Crippen molar-refractivity contribution < 1.29 is 22.8 Å². The molecule has 0 unspecified atom stereocenters. The highest BCUT2D eigenvalue weighted by Gasteiger charge is 2.35. The molecule has 10 heteroatoms. The maximum absolute atomic E-state index is 13.9. The van der Waals surface area contributed by atoms with E-state index in [1.165, 1.54) is 0 Å². The van der Waals surface area contributed by atoms with Crippen LogP contribution in [0.1, 0.15) is 74.8 Å². The normalized spacial score (nSPS) is 16.2. The van der Waals surface area contributed by atoms with E-state index in [1.54, 1.807) is 30.3 Å². The van der Waals surface area contributed by atoms with Crippen LogP contribution in [-0.2, 0) is 25.4 Å². The van der Waals surface area contributed by atoms with Crippen LogP contribution in [0.2, 0.25) is 0 Å². The summed E-state index contributed by atoms with van der Waals surface area (Å²) in [6, 6.07) is 10.6. The fourth-order valence-corrected chi connectivity index (χ4v) is 5.46. The third kappa shape index (κ3) is 6.01. The van der Waals surface area contributed by atoms with Crippen molar-refractivity contribution in [2.45, 2.75) is 57.7 Å². The highest BCUT2D eigenvalue weighted by atomic mass is 19.4. The van der Waals surface area contributed by atoms with Gasteiger partial charge in [-0.25, -0.2) is 9.97 Å². The minimum atomic E-state index is -4.65. The Hall–Kier alpha value is -3.79. The summed E-state index contributed by atoms with van der Waals surface area (Å²) in [5.74, 6) is -0.187. The topological polar surface area (TPSA) is 87.2 Å². The zero-order valence-corrected chi connectivity index (χ0v) is 22.6. The van der Waals surface area contributed by atoms with Gasteiger partial charge in [0.1, 0.15) is 0 Å². The number of fused-ring (bicyclic) bond motifs is 1. The minimum absolute atomic E-state index is 0.0140. The Bertz CT molecular complexity index is 1430. The number of anilines is 2. The number of carbonyl (C=O) groups is 2. The Morgan fingerprint density at radius 2 is 1.88 bits per heavy atom. The van der Waals surface area contributed by atoms with Crippen molar-refractivity contribution in [3.05, 3.63) is 81.7 Å². The zero-order valence-electron chi connectivity index (χ0n) is 22.6. The molecular weight excluding hydrogens is 519 g/mol. The van der Waals surface area contributed by atoms with Crippen molar-refractivity contribution in [3.63, 3.8) is 0 Å². The predicted molar refractivity (Wildman–Crippen MR) is 146 cm³/mol. The molecule has 2 N–H and O–H groups in total. The number of piperidine rings is 1. The van der Waals surface area contributed by atoms with E-state index in [4.69, 9.17) is 0 Å². The lowest BCUT2D eigenvalue weighted by Crippen LogP contribution is -2.43. The number of halogens is 3. The van der Waals surface area contributed by atoms with Crippen molar-refractivity contribution in [3.8, 4) is 0 Å². The summed E-state index contributed by atoms with van der Waals surface area (Å²) in [4.78, 5) is 35.8. The predicted octanol–water partition coefficient (Wildman–Crippen LogP) is 5.35. The summed E-state index contributed by atoms with van der Waals surface area (Å²) in [6.45, 7) is 3.81. The molecule has 3 aromatic rings. The Labute approximate surface area is 231 Å². The third-order valence-corrected chi connectivity index (χ3v) is 7.72. The average molecular weight is 552 g/mol. The van der Waals surface area contributed by atoms with Crippen molar-refractivity contribution >= 4 is 23.3 Å². The number of aryl methyl sites for hydroxylation is 2. The summed E-state index contributed by atoms with van der Waals surface area (Å²) < 4.78 is 41.6. The molecule has 0 bridgehead atoms. The number of aromatic nitrogens is 2. The van der Waals surface area contributed by atoms with Gasteiger partial charge in [0.2, 0.25) is 5.95 Å². The Morgan fingerprint density at radius 3 is 2.60 bits per heavy atom. The smallest absolute Gasteiger partial charge is 0.349 e. The lowest BCUT2D eigenvalue weighted by atomic mass is 9.97. The first-order valence-corrected chi connectivity index (χ1v) is 13.6. The van der Waals surface area contributed by atoms with Crippen molar-refractivity contribution in [2.75, 3.05) is 25.5 Å². The van der Waals surface area contributed by atoms with Crippen molar-refractivity contribution in [1.29, 1.82) is 0 Å². The van der Waals surface area contributed by atoms with E-state index in [0.29, 0.717) is 41.6 Å². The lowest BCUT2D eigenvalue weighted by molar-refractivity contribution is -0.138. The van der Waals surface area contributed by atoms with E-state index in [9.17, 15) is 22.8 Å². The van der Waals surface area contributed by atoms with Crippen LogP contribution in [0.5, 0.6) is 0 Å². The number of hydrogen-bond acceptors (Lipinski definition) is 6. The standard InChI is InChI=1S/C30H32F3N5O2/c1-3-18-15-21(28(40)35-22-11-13-38(2)14-12-22)7-9-24(18)36-29-34-17-23(30(31,32)33)25(37-29)16-20-6-4-5-19-8-10-26(39)27(19)20/h4-7,9,15,17,22H,3,8,10-14,16H2,1-2H3,(H,35,40)(H,34,36,37). The second-order valence-corrected chi connectivity index (χ2v) is 10.5. The number of hydrogen-bond donors (Lipinski definition) is 2. The minimum Gasteiger partial charge on any atom is -0.349 e. The molecule has 5 rings (SSSR count). The second-order valence-electron chi connectivity index (χ2n) is 10.5. The number of carbonyl (C=O) groups excluding carboxylic acids is 2. The van der Waals surface area contributed by atoms with E-state index in [-0.39, 0.29) is 35.8 Å². The molecule has 40 heavy (non-hydrogen) atoms. The van der Waals surface area contributed by atoms with Gasteiger partial charge in [-0.2, -0.15) is 13.2 Å². The van der Waals surface area contributed by atoms with E-state index >= 15 is 0 Å². The van der Waals surface area contributed by atoms with Crippen molar-refractivity contribution in [1.82, 2.24) is 20.2 Å². The Balaban J connectivity index is 1.39. The van der Waals surface area contributed by atoms with Crippen LogP contribution in [0, 0.1) is 0 Å². The molecule has 1 aromatic heterocycles. The van der Waals surface area contributed by atoms with Gasteiger partial charge in [0, 0.05) is 41.9 Å². The van der Waals surface area contributed by atoms with Crippen LogP contribution in [0.15, 0.2) is 42.6 Å². The number of nitrogens with zero attached hydrogens (tertiary/aromatic N) is 3. The van der Waals surface area contributed by atoms with Crippen molar-refractivity contribution in [2.24, 2.45) is 0 Å². The molecule has 2 aliphatic rings. The maximum Gasteiger partial charge on any atom is 0.419 e. The van der Waals surface area contributed by atoms with E-state index in [2.05, 4.69) is 32.5 Å². The first-order chi connectivity index (χ1) is 19.1. The van der Waals surface area contributed by atoms with Gasteiger partial charge < -0.3 is 15.5 Å². The molecule has 2 heterocycles. The summed E-state index contributed by atoms with van der Waals surface area (Å²) in [5, 5.41) is 6.15. The van der Waals surface area contributed by atoms with Gasteiger partial charge >= 0.3 is 6.18 Å². The van der Waals surface area contributed by atoms with Gasteiger partial charge in [0.25, 0.3) is 5.91 Å². The van der Waals surface area contributed by atoms with Crippen LogP contribution < -0.4 is 10.6 Å².